The minimum Gasteiger partial charge on any atom is -0.497 e. The maximum atomic E-state index is 5.80. The highest BCUT2D eigenvalue weighted by Gasteiger charge is 2.19. The summed E-state index contributed by atoms with van der Waals surface area (Å²) >= 11 is 0. The molecule has 0 saturated heterocycles. The van der Waals surface area contributed by atoms with Crippen LogP contribution in [0.2, 0.25) is 0 Å². The molecule has 21 heavy (non-hydrogen) atoms. The normalized spacial score (nSPS) is 13.0. The minimum absolute atomic E-state index is 0.515. The van der Waals surface area contributed by atoms with E-state index in [1.54, 1.807) is 7.11 Å². The monoisotopic (exact) mass is 283 g/mol. The molecule has 0 saturated carbocycles. The van der Waals surface area contributed by atoms with Crippen LogP contribution in [0.25, 0.3) is 0 Å². The highest BCUT2D eigenvalue weighted by Crippen LogP contribution is 2.27. The maximum Gasteiger partial charge on any atom is 0.292 e. The second kappa shape index (κ2) is 5.48. The Balaban J connectivity index is 1.94. The maximum absolute atomic E-state index is 5.80. The van der Waals surface area contributed by atoms with Crippen molar-refractivity contribution in [1.82, 2.24) is 0 Å². The molecule has 0 amide bonds. The second-order valence-corrected chi connectivity index (χ2v) is 5.19. The predicted octanol–water partition coefficient (Wildman–Crippen LogP) is 2.87. The van der Waals surface area contributed by atoms with Crippen LogP contribution in [0, 0.1) is 0 Å². The van der Waals surface area contributed by atoms with Gasteiger partial charge in [-0.2, -0.15) is 4.58 Å². The number of fused-ring (bicyclic) bond motifs is 1. The zero-order chi connectivity index (χ0) is 14.8. The number of hydrogen-bond donors (Lipinski definition) is 0. The van der Waals surface area contributed by atoms with E-state index in [2.05, 4.69) is 40.0 Å². The Morgan fingerprint density at radius 3 is 2.52 bits per heavy atom. The molecule has 2 aromatic rings. The van der Waals surface area contributed by atoms with Gasteiger partial charge in [0.05, 0.1) is 12.7 Å². The molecule has 0 fully saturated rings. The Morgan fingerprint density at radius 2 is 1.86 bits per heavy atom. The van der Waals surface area contributed by atoms with Gasteiger partial charge in [-0.05, 0) is 30.3 Å². The fraction of sp³-hybridized carbons (Fsp3) is 0.235. The van der Waals surface area contributed by atoms with Gasteiger partial charge in [0.15, 0.2) is 6.21 Å². The summed E-state index contributed by atoms with van der Waals surface area (Å²) in [7, 11) is 5.74. The van der Waals surface area contributed by atoms with E-state index in [0.29, 0.717) is 6.73 Å². The molecule has 0 radical (unpaired) electrons. The van der Waals surface area contributed by atoms with Crippen molar-refractivity contribution in [3.63, 3.8) is 0 Å². The van der Waals surface area contributed by atoms with E-state index >= 15 is 0 Å². The van der Waals surface area contributed by atoms with Gasteiger partial charge in [0.25, 0.3) is 6.73 Å². The van der Waals surface area contributed by atoms with E-state index in [9.17, 15) is 0 Å². The van der Waals surface area contributed by atoms with Gasteiger partial charge in [0.2, 0.25) is 5.69 Å². The lowest BCUT2D eigenvalue weighted by Gasteiger charge is -2.15. The molecule has 1 aliphatic heterocycles. The summed E-state index contributed by atoms with van der Waals surface area (Å²) in [4.78, 5) is 2.08. The molecule has 0 unspecified atom stereocenters. The summed E-state index contributed by atoms with van der Waals surface area (Å²) < 4.78 is 13.1. The van der Waals surface area contributed by atoms with Crippen molar-refractivity contribution in [2.75, 3.05) is 32.8 Å². The van der Waals surface area contributed by atoms with Crippen LogP contribution in [0.1, 0.15) is 5.56 Å². The fourth-order valence-electron chi connectivity index (χ4n) is 2.32. The molecule has 2 aromatic carbocycles. The molecule has 1 aliphatic rings. The quantitative estimate of drug-likeness (QED) is 0.810. The zero-order valence-corrected chi connectivity index (χ0v) is 12.5. The van der Waals surface area contributed by atoms with Crippen molar-refractivity contribution in [1.29, 1.82) is 0 Å². The van der Waals surface area contributed by atoms with Crippen LogP contribution in [-0.4, -0.2) is 38.7 Å². The van der Waals surface area contributed by atoms with Gasteiger partial charge in [0, 0.05) is 31.9 Å². The molecule has 0 N–H and O–H groups in total. The lowest BCUT2D eigenvalue weighted by atomic mass is 10.2. The van der Waals surface area contributed by atoms with Crippen molar-refractivity contribution >= 4 is 17.6 Å². The third-order valence-electron chi connectivity index (χ3n) is 3.57. The summed E-state index contributed by atoms with van der Waals surface area (Å²) in [5.74, 6) is 1.72. The molecule has 4 nitrogen and oxygen atoms in total. The molecule has 1 heterocycles. The molecule has 3 rings (SSSR count). The van der Waals surface area contributed by atoms with Gasteiger partial charge in [-0.1, -0.05) is 0 Å². The third-order valence-corrected chi connectivity index (χ3v) is 3.57. The molecular weight excluding hydrogens is 264 g/mol. The summed E-state index contributed by atoms with van der Waals surface area (Å²) in [6.45, 7) is 0.515. The zero-order valence-electron chi connectivity index (χ0n) is 12.5. The molecule has 0 aromatic heterocycles. The van der Waals surface area contributed by atoms with E-state index in [0.717, 1.165) is 22.7 Å². The van der Waals surface area contributed by atoms with Crippen molar-refractivity contribution < 1.29 is 14.0 Å². The highest BCUT2D eigenvalue weighted by molar-refractivity contribution is 5.82. The minimum atomic E-state index is 0.515. The van der Waals surface area contributed by atoms with E-state index < -0.39 is 0 Å². The van der Waals surface area contributed by atoms with E-state index in [1.807, 2.05) is 32.3 Å². The Bertz CT molecular complexity index is 676. The fourth-order valence-corrected chi connectivity index (χ4v) is 2.32. The van der Waals surface area contributed by atoms with Gasteiger partial charge >= 0.3 is 0 Å². The molecule has 0 spiro atoms. The number of ether oxygens (including phenoxy) is 2. The van der Waals surface area contributed by atoms with Gasteiger partial charge in [-0.3, -0.25) is 0 Å². The Labute approximate surface area is 124 Å². The number of benzene rings is 2. The van der Waals surface area contributed by atoms with Crippen molar-refractivity contribution in [3.05, 3.63) is 48.0 Å². The molecule has 0 aliphatic carbocycles. The van der Waals surface area contributed by atoms with E-state index in [1.165, 1.54) is 5.69 Å². The van der Waals surface area contributed by atoms with Crippen LogP contribution in [0.3, 0.4) is 0 Å². The molecular formula is C17H19N2O2+. The van der Waals surface area contributed by atoms with Crippen molar-refractivity contribution in [2.45, 2.75) is 0 Å². The lowest BCUT2D eigenvalue weighted by molar-refractivity contribution is -0.476. The molecule has 0 atom stereocenters. The Kier molecular flexibility index (Phi) is 3.52. The molecule has 0 bridgehead atoms. The van der Waals surface area contributed by atoms with Crippen LogP contribution in [0.15, 0.2) is 42.5 Å². The van der Waals surface area contributed by atoms with Crippen molar-refractivity contribution in [2.24, 2.45) is 0 Å². The lowest BCUT2D eigenvalue weighted by Crippen LogP contribution is -2.20. The standard InChI is InChI=1S/C17H19N2O2/c1-18(2)14-4-6-15(7-5-14)19-11-13-10-16(20-3)8-9-17(13)21-12-19/h4-11H,12H2,1-3H3/q+1. The Morgan fingerprint density at radius 1 is 1.10 bits per heavy atom. The third kappa shape index (κ3) is 2.70. The van der Waals surface area contributed by atoms with Crippen LogP contribution >= 0.6 is 0 Å². The first kappa shape index (κ1) is 13.5. The average Bonchev–Trinajstić information content (AvgIpc) is 2.53. The summed E-state index contributed by atoms with van der Waals surface area (Å²) in [5.41, 5.74) is 3.31. The van der Waals surface area contributed by atoms with E-state index in [-0.39, 0.29) is 0 Å². The number of rotatable bonds is 3. The topological polar surface area (TPSA) is 24.7 Å². The smallest absolute Gasteiger partial charge is 0.292 e. The number of hydrogen-bond acceptors (Lipinski definition) is 3. The number of methoxy groups -OCH3 is 1. The predicted molar refractivity (Wildman–Crippen MR) is 84.3 cm³/mol. The van der Waals surface area contributed by atoms with Gasteiger partial charge in [0.1, 0.15) is 11.5 Å². The largest absolute Gasteiger partial charge is 0.497 e. The number of nitrogens with zero attached hydrogens (tertiary/aromatic N) is 2. The number of anilines is 1. The van der Waals surface area contributed by atoms with Crippen LogP contribution in [0.4, 0.5) is 11.4 Å². The molecule has 108 valence electrons. The molecule has 4 heteroatoms. The van der Waals surface area contributed by atoms with E-state index in [4.69, 9.17) is 9.47 Å². The first-order valence-electron chi connectivity index (χ1n) is 6.87. The summed E-state index contributed by atoms with van der Waals surface area (Å²) in [5, 5.41) is 0. The summed E-state index contributed by atoms with van der Waals surface area (Å²) in [6.07, 6.45) is 2.09. The van der Waals surface area contributed by atoms with Gasteiger partial charge in [-0.15, -0.1) is 0 Å². The first-order chi connectivity index (χ1) is 10.2. The average molecular weight is 283 g/mol. The van der Waals surface area contributed by atoms with Gasteiger partial charge < -0.3 is 14.4 Å². The summed E-state index contributed by atoms with van der Waals surface area (Å²) in [6, 6.07) is 14.2. The van der Waals surface area contributed by atoms with Gasteiger partial charge in [-0.25, -0.2) is 0 Å². The van der Waals surface area contributed by atoms with Crippen LogP contribution in [-0.2, 0) is 0 Å². The van der Waals surface area contributed by atoms with Crippen LogP contribution in [0.5, 0.6) is 11.5 Å². The second-order valence-electron chi connectivity index (χ2n) is 5.19. The highest BCUT2D eigenvalue weighted by atomic mass is 16.5. The van der Waals surface area contributed by atoms with Crippen molar-refractivity contribution in [3.8, 4) is 11.5 Å². The Hall–Kier alpha value is -2.49. The first-order valence-corrected chi connectivity index (χ1v) is 6.87. The van der Waals surface area contributed by atoms with Crippen LogP contribution < -0.4 is 14.4 Å². The SMILES string of the molecule is COc1ccc2c(c1)C=[N+](c1ccc(N(C)C)cc1)CO2.